The fourth-order valence-corrected chi connectivity index (χ4v) is 2.22. The van der Waals surface area contributed by atoms with Gasteiger partial charge in [0, 0.05) is 18.3 Å². The van der Waals surface area contributed by atoms with Gasteiger partial charge in [0.2, 0.25) is 0 Å². The smallest absolute Gasteiger partial charge is 0.256 e. The van der Waals surface area contributed by atoms with E-state index in [-0.39, 0.29) is 11.3 Å². The van der Waals surface area contributed by atoms with Crippen LogP contribution in [0.25, 0.3) is 0 Å². The van der Waals surface area contributed by atoms with Gasteiger partial charge in [-0.05, 0) is 18.2 Å². The SMILES string of the molecule is NC(=O)c1c(Nc2cccnc2)n[nH]c1NCc1ccccc1O. The predicted octanol–water partition coefficient (Wildman–Crippen LogP) is 1.96. The molecule has 0 radical (unpaired) electrons. The van der Waals surface area contributed by atoms with Gasteiger partial charge in [0.15, 0.2) is 5.82 Å². The first-order valence-corrected chi connectivity index (χ1v) is 7.21. The molecule has 0 spiro atoms. The van der Waals surface area contributed by atoms with Crippen molar-refractivity contribution >= 4 is 23.2 Å². The van der Waals surface area contributed by atoms with Crippen LogP contribution in [0.4, 0.5) is 17.3 Å². The summed E-state index contributed by atoms with van der Waals surface area (Å²) in [5.74, 6) is 0.209. The number of phenols is 1. The molecule has 0 aliphatic heterocycles. The number of carbonyl (C=O) groups is 1. The van der Waals surface area contributed by atoms with E-state index >= 15 is 0 Å². The summed E-state index contributed by atoms with van der Waals surface area (Å²) >= 11 is 0. The van der Waals surface area contributed by atoms with Crippen LogP contribution in [-0.2, 0) is 6.54 Å². The third kappa shape index (κ3) is 3.27. The highest BCUT2D eigenvalue weighted by Gasteiger charge is 2.18. The molecule has 24 heavy (non-hydrogen) atoms. The summed E-state index contributed by atoms with van der Waals surface area (Å²) in [6, 6.07) is 10.5. The lowest BCUT2D eigenvalue weighted by atomic mass is 10.2. The lowest BCUT2D eigenvalue weighted by Gasteiger charge is -2.08. The Labute approximate surface area is 137 Å². The van der Waals surface area contributed by atoms with Gasteiger partial charge in [-0.15, -0.1) is 0 Å². The molecule has 3 rings (SSSR count). The van der Waals surface area contributed by atoms with Gasteiger partial charge < -0.3 is 21.5 Å². The molecular weight excluding hydrogens is 308 g/mol. The fourth-order valence-electron chi connectivity index (χ4n) is 2.22. The number of nitrogens with one attached hydrogen (secondary N) is 3. The minimum atomic E-state index is -0.630. The quantitative estimate of drug-likeness (QED) is 0.471. The van der Waals surface area contributed by atoms with Gasteiger partial charge in [-0.1, -0.05) is 18.2 Å². The van der Waals surface area contributed by atoms with Gasteiger partial charge in [0.05, 0.1) is 11.9 Å². The molecule has 1 aromatic carbocycles. The summed E-state index contributed by atoms with van der Waals surface area (Å²) in [7, 11) is 0. The van der Waals surface area contributed by atoms with E-state index in [2.05, 4.69) is 25.8 Å². The molecule has 0 fully saturated rings. The molecule has 1 amide bonds. The molecule has 6 N–H and O–H groups in total. The van der Waals surface area contributed by atoms with Gasteiger partial charge in [-0.2, -0.15) is 5.10 Å². The van der Waals surface area contributed by atoms with E-state index in [1.54, 1.807) is 42.7 Å². The summed E-state index contributed by atoms with van der Waals surface area (Å²) in [6.07, 6.45) is 3.25. The van der Waals surface area contributed by atoms with Crippen LogP contribution in [0.15, 0.2) is 48.8 Å². The molecule has 0 unspecified atom stereocenters. The molecule has 0 saturated carbocycles. The molecular formula is C16H16N6O2. The zero-order chi connectivity index (χ0) is 16.9. The van der Waals surface area contributed by atoms with E-state index in [0.29, 0.717) is 29.4 Å². The average molecular weight is 324 g/mol. The number of nitrogens with two attached hydrogens (primary N) is 1. The molecule has 0 aliphatic rings. The second-order valence-electron chi connectivity index (χ2n) is 5.04. The third-order valence-corrected chi connectivity index (χ3v) is 3.38. The van der Waals surface area contributed by atoms with Crippen molar-refractivity contribution in [1.82, 2.24) is 15.2 Å². The zero-order valence-corrected chi connectivity index (χ0v) is 12.7. The van der Waals surface area contributed by atoms with Crippen molar-refractivity contribution in [1.29, 1.82) is 0 Å². The number of rotatable bonds is 6. The number of anilines is 3. The predicted molar refractivity (Wildman–Crippen MR) is 90.1 cm³/mol. The van der Waals surface area contributed by atoms with Crippen molar-refractivity contribution in [3.8, 4) is 5.75 Å². The Hall–Kier alpha value is -3.55. The summed E-state index contributed by atoms with van der Waals surface area (Å²) in [6.45, 7) is 0.307. The number of primary amides is 1. The molecule has 0 atom stereocenters. The van der Waals surface area contributed by atoms with Crippen molar-refractivity contribution < 1.29 is 9.90 Å². The van der Waals surface area contributed by atoms with Gasteiger partial charge in [-0.25, -0.2) is 0 Å². The van der Waals surface area contributed by atoms with Gasteiger partial charge in [0.1, 0.15) is 17.1 Å². The van der Waals surface area contributed by atoms with Crippen molar-refractivity contribution in [3.63, 3.8) is 0 Å². The zero-order valence-electron chi connectivity index (χ0n) is 12.7. The molecule has 2 heterocycles. The number of pyridine rings is 1. The van der Waals surface area contributed by atoms with Gasteiger partial charge in [0.25, 0.3) is 5.91 Å². The summed E-state index contributed by atoms with van der Waals surface area (Å²) in [5, 5.41) is 22.6. The molecule has 2 aromatic heterocycles. The molecule has 8 nitrogen and oxygen atoms in total. The first kappa shape index (κ1) is 15.3. The van der Waals surface area contributed by atoms with Crippen molar-refractivity contribution in [2.75, 3.05) is 10.6 Å². The minimum absolute atomic E-state index is 0.166. The second kappa shape index (κ2) is 6.69. The van der Waals surface area contributed by atoms with Crippen LogP contribution in [0.2, 0.25) is 0 Å². The van der Waals surface area contributed by atoms with Crippen molar-refractivity contribution in [3.05, 3.63) is 59.9 Å². The molecule has 3 aromatic rings. The number of aromatic nitrogens is 3. The monoisotopic (exact) mass is 324 g/mol. The number of benzene rings is 1. The standard InChI is InChI=1S/C16H16N6O2/c17-14(24)13-15(19-8-10-4-1-2-6-12(10)23)21-22-16(13)20-11-5-3-7-18-9-11/h1-7,9,23H,8H2,(H2,17,24)(H3,19,20,21,22). The Morgan fingerprint density at radius 1 is 1.25 bits per heavy atom. The van der Waals surface area contributed by atoms with E-state index in [1.807, 2.05) is 6.07 Å². The van der Waals surface area contributed by atoms with Crippen LogP contribution in [-0.4, -0.2) is 26.2 Å². The van der Waals surface area contributed by atoms with E-state index in [1.165, 1.54) is 0 Å². The number of carbonyl (C=O) groups excluding carboxylic acids is 1. The number of para-hydroxylation sites is 1. The number of aromatic hydroxyl groups is 1. The van der Waals surface area contributed by atoms with Crippen molar-refractivity contribution in [2.24, 2.45) is 5.73 Å². The Morgan fingerprint density at radius 3 is 2.79 bits per heavy atom. The van der Waals surface area contributed by atoms with Crippen LogP contribution in [0, 0.1) is 0 Å². The number of hydrogen-bond acceptors (Lipinski definition) is 6. The topological polar surface area (TPSA) is 129 Å². The van der Waals surface area contributed by atoms with Gasteiger partial charge in [-0.3, -0.25) is 14.9 Å². The molecule has 0 aliphatic carbocycles. The lowest BCUT2D eigenvalue weighted by Crippen LogP contribution is -2.15. The van der Waals surface area contributed by atoms with Crippen LogP contribution >= 0.6 is 0 Å². The number of hydrogen-bond donors (Lipinski definition) is 5. The molecule has 8 heteroatoms. The number of aromatic amines is 1. The Balaban J connectivity index is 1.81. The van der Waals surface area contributed by atoms with Crippen LogP contribution in [0.1, 0.15) is 15.9 Å². The van der Waals surface area contributed by atoms with Crippen LogP contribution < -0.4 is 16.4 Å². The summed E-state index contributed by atoms with van der Waals surface area (Å²) < 4.78 is 0. The number of amides is 1. The number of phenolic OH excluding ortho intramolecular Hbond substituents is 1. The Morgan fingerprint density at radius 2 is 2.08 bits per heavy atom. The maximum absolute atomic E-state index is 11.8. The second-order valence-corrected chi connectivity index (χ2v) is 5.04. The highest BCUT2D eigenvalue weighted by molar-refractivity contribution is 6.03. The van der Waals surface area contributed by atoms with Crippen molar-refractivity contribution in [2.45, 2.75) is 6.54 Å². The van der Waals surface area contributed by atoms with E-state index in [9.17, 15) is 9.90 Å². The number of nitrogens with zero attached hydrogens (tertiary/aromatic N) is 2. The van der Waals surface area contributed by atoms with E-state index in [4.69, 9.17) is 5.73 Å². The molecule has 122 valence electrons. The normalized spacial score (nSPS) is 10.3. The minimum Gasteiger partial charge on any atom is -0.508 e. The van der Waals surface area contributed by atoms with Crippen LogP contribution in [0.5, 0.6) is 5.75 Å². The highest BCUT2D eigenvalue weighted by Crippen LogP contribution is 2.25. The fraction of sp³-hybridized carbons (Fsp3) is 0.0625. The van der Waals surface area contributed by atoms with Crippen LogP contribution in [0.3, 0.4) is 0 Å². The van der Waals surface area contributed by atoms with E-state index < -0.39 is 5.91 Å². The molecule has 0 bridgehead atoms. The van der Waals surface area contributed by atoms with Gasteiger partial charge >= 0.3 is 0 Å². The maximum Gasteiger partial charge on any atom is 0.256 e. The Kier molecular flexibility index (Phi) is 4.28. The maximum atomic E-state index is 11.8. The summed E-state index contributed by atoms with van der Waals surface area (Å²) in [4.78, 5) is 15.8. The first-order chi connectivity index (χ1) is 11.6. The largest absolute Gasteiger partial charge is 0.508 e. The lowest BCUT2D eigenvalue weighted by molar-refractivity contribution is 0.100. The third-order valence-electron chi connectivity index (χ3n) is 3.38. The highest BCUT2D eigenvalue weighted by atomic mass is 16.3. The first-order valence-electron chi connectivity index (χ1n) is 7.21. The van der Waals surface area contributed by atoms with E-state index in [0.717, 1.165) is 0 Å². The average Bonchev–Trinajstić information content (AvgIpc) is 2.98. The Bertz CT molecular complexity index is 847. The molecule has 0 saturated heterocycles. The summed E-state index contributed by atoms with van der Waals surface area (Å²) in [5.41, 5.74) is 7.04. The number of H-pyrrole nitrogens is 1.